The Hall–Kier alpha value is -1.30. The monoisotopic (exact) mass is 300 g/mol. The van der Waals surface area contributed by atoms with Crippen molar-refractivity contribution in [3.63, 3.8) is 0 Å². The highest BCUT2D eigenvalue weighted by atomic mass is 16.6. The Bertz CT molecular complexity index is 393. The Labute approximate surface area is 127 Å². The molecule has 6 nitrogen and oxygen atoms in total. The molecule has 0 aliphatic carbocycles. The largest absolute Gasteiger partial charge is 0.479 e. The fourth-order valence-electron chi connectivity index (χ4n) is 2.74. The van der Waals surface area contributed by atoms with E-state index in [1.807, 2.05) is 20.9 Å². The quantitative estimate of drug-likeness (QED) is 0.865. The first-order chi connectivity index (χ1) is 9.49. The minimum Gasteiger partial charge on any atom is -0.479 e. The van der Waals surface area contributed by atoms with Gasteiger partial charge >= 0.3 is 12.1 Å². The van der Waals surface area contributed by atoms with E-state index in [2.05, 4.69) is 4.90 Å². The molecule has 0 aromatic rings. The zero-order valence-corrected chi connectivity index (χ0v) is 14.0. The third kappa shape index (κ3) is 4.09. The number of aliphatic carboxylic acids is 1. The lowest BCUT2D eigenvalue weighted by molar-refractivity contribution is -0.156. The van der Waals surface area contributed by atoms with Crippen molar-refractivity contribution in [1.82, 2.24) is 9.80 Å². The van der Waals surface area contributed by atoms with Crippen molar-refractivity contribution in [2.24, 2.45) is 0 Å². The minimum absolute atomic E-state index is 0.237. The number of ether oxygens (including phenoxy) is 1. The number of carbonyl (C=O) groups is 2. The summed E-state index contributed by atoms with van der Waals surface area (Å²) in [7, 11) is 1.96. The smallest absolute Gasteiger partial charge is 0.411 e. The first-order valence-corrected chi connectivity index (χ1v) is 7.44. The zero-order chi connectivity index (χ0) is 16.4. The third-order valence-electron chi connectivity index (χ3n) is 3.78. The van der Waals surface area contributed by atoms with E-state index in [0.29, 0.717) is 25.9 Å². The van der Waals surface area contributed by atoms with Gasteiger partial charge in [-0.05, 0) is 54.5 Å². The van der Waals surface area contributed by atoms with Crippen LogP contribution in [0.15, 0.2) is 0 Å². The summed E-state index contributed by atoms with van der Waals surface area (Å²) in [6, 6.07) is -0.237. The van der Waals surface area contributed by atoms with Crippen molar-refractivity contribution in [2.45, 2.75) is 64.6 Å². The Kier molecular flexibility index (Phi) is 5.25. The second-order valence-corrected chi connectivity index (χ2v) is 7.08. The van der Waals surface area contributed by atoms with Crippen LogP contribution in [0.5, 0.6) is 0 Å². The van der Waals surface area contributed by atoms with E-state index in [-0.39, 0.29) is 6.04 Å². The van der Waals surface area contributed by atoms with Crippen molar-refractivity contribution in [2.75, 3.05) is 20.1 Å². The third-order valence-corrected chi connectivity index (χ3v) is 3.78. The lowest BCUT2D eigenvalue weighted by Gasteiger charge is -2.47. The van der Waals surface area contributed by atoms with Gasteiger partial charge in [-0.2, -0.15) is 0 Å². The van der Waals surface area contributed by atoms with E-state index in [4.69, 9.17) is 4.74 Å². The molecule has 1 saturated heterocycles. The lowest BCUT2D eigenvalue weighted by atomic mass is 9.85. The number of nitrogens with zero attached hydrogens (tertiary/aromatic N) is 2. The predicted molar refractivity (Wildman–Crippen MR) is 80.3 cm³/mol. The number of hydrogen-bond donors (Lipinski definition) is 1. The van der Waals surface area contributed by atoms with Gasteiger partial charge in [-0.15, -0.1) is 0 Å². The first kappa shape index (κ1) is 17.8. The molecule has 0 aromatic carbocycles. The average Bonchev–Trinajstić information content (AvgIpc) is 2.28. The van der Waals surface area contributed by atoms with Crippen LogP contribution in [0.4, 0.5) is 4.79 Å². The Morgan fingerprint density at radius 2 is 1.71 bits per heavy atom. The van der Waals surface area contributed by atoms with Crippen molar-refractivity contribution < 1.29 is 19.4 Å². The summed E-state index contributed by atoms with van der Waals surface area (Å²) in [5, 5.41) is 9.77. The van der Waals surface area contributed by atoms with E-state index in [9.17, 15) is 14.7 Å². The zero-order valence-electron chi connectivity index (χ0n) is 14.0. The molecule has 0 aromatic heterocycles. The highest BCUT2D eigenvalue weighted by Crippen LogP contribution is 2.32. The highest BCUT2D eigenvalue weighted by Gasteiger charge is 2.50. The molecular weight excluding hydrogens is 272 g/mol. The molecule has 122 valence electrons. The van der Waals surface area contributed by atoms with Crippen LogP contribution >= 0.6 is 0 Å². The van der Waals surface area contributed by atoms with Gasteiger partial charge in [0.05, 0.1) is 0 Å². The topological polar surface area (TPSA) is 70.1 Å². The van der Waals surface area contributed by atoms with Gasteiger partial charge in [-0.1, -0.05) is 0 Å². The molecule has 0 radical (unpaired) electrons. The fourth-order valence-corrected chi connectivity index (χ4v) is 2.74. The normalized spacial score (nSPS) is 19.4. The molecular formula is C15H28N2O4. The number of carboxylic acids is 1. The van der Waals surface area contributed by atoms with E-state index < -0.39 is 23.2 Å². The highest BCUT2D eigenvalue weighted by molar-refractivity contribution is 5.85. The summed E-state index contributed by atoms with van der Waals surface area (Å²) in [4.78, 5) is 27.9. The molecule has 0 saturated carbocycles. The van der Waals surface area contributed by atoms with Gasteiger partial charge in [-0.25, -0.2) is 9.59 Å². The molecule has 0 atom stereocenters. The van der Waals surface area contributed by atoms with E-state index in [1.165, 1.54) is 4.90 Å². The molecule has 1 rings (SSSR count). The number of rotatable bonds is 3. The predicted octanol–water partition coefficient (Wildman–Crippen LogP) is 2.18. The lowest BCUT2D eigenvalue weighted by Crippen LogP contribution is -2.64. The van der Waals surface area contributed by atoms with Crippen LogP contribution in [0.3, 0.4) is 0 Å². The molecule has 0 bridgehead atoms. The van der Waals surface area contributed by atoms with Crippen LogP contribution in [0.2, 0.25) is 0 Å². The van der Waals surface area contributed by atoms with Crippen LogP contribution in [-0.4, -0.2) is 64.3 Å². The summed E-state index contributed by atoms with van der Waals surface area (Å²) >= 11 is 0. The maximum Gasteiger partial charge on any atom is 0.411 e. The van der Waals surface area contributed by atoms with Gasteiger partial charge in [0.1, 0.15) is 11.1 Å². The summed E-state index contributed by atoms with van der Waals surface area (Å²) in [5.74, 6) is -0.949. The second-order valence-electron chi connectivity index (χ2n) is 7.08. The van der Waals surface area contributed by atoms with Crippen molar-refractivity contribution >= 4 is 12.1 Å². The summed E-state index contributed by atoms with van der Waals surface area (Å²) in [5.41, 5.74) is -1.82. The van der Waals surface area contributed by atoms with Crippen LogP contribution in [0.25, 0.3) is 0 Å². The number of carboxylic acid groups (broad SMARTS) is 1. The van der Waals surface area contributed by atoms with E-state index in [1.54, 1.807) is 20.8 Å². The second kappa shape index (κ2) is 6.22. The summed E-state index contributed by atoms with van der Waals surface area (Å²) < 4.78 is 5.43. The molecule has 1 heterocycles. The SMILES string of the molecule is CC(C)N(C(=O)OC(C)(C)C)C1(C(=O)O)CCN(C)CC1. The van der Waals surface area contributed by atoms with Gasteiger partial charge in [0.15, 0.2) is 0 Å². The Morgan fingerprint density at radius 1 is 1.24 bits per heavy atom. The van der Waals surface area contributed by atoms with Gasteiger partial charge in [-0.3, -0.25) is 4.90 Å². The molecule has 6 heteroatoms. The fraction of sp³-hybridized carbons (Fsp3) is 0.867. The van der Waals surface area contributed by atoms with E-state index in [0.717, 1.165) is 0 Å². The van der Waals surface area contributed by atoms with Gasteiger partial charge < -0.3 is 14.7 Å². The van der Waals surface area contributed by atoms with Crippen molar-refractivity contribution in [3.05, 3.63) is 0 Å². The first-order valence-electron chi connectivity index (χ1n) is 7.44. The van der Waals surface area contributed by atoms with E-state index >= 15 is 0 Å². The Balaban J connectivity index is 3.10. The number of likely N-dealkylation sites (tertiary alicyclic amines) is 1. The van der Waals surface area contributed by atoms with Crippen LogP contribution in [0, 0.1) is 0 Å². The molecule has 1 amide bonds. The summed E-state index contributed by atoms with van der Waals surface area (Å²) in [6.45, 7) is 10.3. The number of amides is 1. The molecule has 1 N–H and O–H groups in total. The van der Waals surface area contributed by atoms with Crippen molar-refractivity contribution in [1.29, 1.82) is 0 Å². The maximum absolute atomic E-state index is 12.5. The Morgan fingerprint density at radius 3 is 2.05 bits per heavy atom. The van der Waals surface area contributed by atoms with Gasteiger partial charge in [0.2, 0.25) is 0 Å². The maximum atomic E-state index is 12.5. The number of piperidine rings is 1. The van der Waals surface area contributed by atoms with Gasteiger partial charge in [0, 0.05) is 19.1 Å². The molecule has 1 aliphatic heterocycles. The average molecular weight is 300 g/mol. The molecule has 0 spiro atoms. The molecule has 1 aliphatic rings. The van der Waals surface area contributed by atoms with Gasteiger partial charge in [0.25, 0.3) is 0 Å². The van der Waals surface area contributed by atoms with Crippen LogP contribution < -0.4 is 0 Å². The molecule has 21 heavy (non-hydrogen) atoms. The van der Waals surface area contributed by atoms with Crippen molar-refractivity contribution in [3.8, 4) is 0 Å². The molecule has 1 fully saturated rings. The minimum atomic E-state index is -1.18. The number of hydrogen-bond acceptors (Lipinski definition) is 4. The summed E-state index contributed by atoms with van der Waals surface area (Å²) in [6.07, 6.45) is 0.274. The number of carbonyl (C=O) groups excluding carboxylic acids is 1. The standard InChI is InChI=1S/C15H28N2O4/c1-11(2)17(13(20)21-14(3,4)5)15(12(18)19)7-9-16(6)10-8-15/h11H,7-10H2,1-6H3,(H,18,19). The molecule has 0 unspecified atom stereocenters. The van der Waals surface area contributed by atoms with Crippen LogP contribution in [-0.2, 0) is 9.53 Å². The van der Waals surface area contributed by atoms with Crippen LogP contribution in [0.1, 0.15) is 47.5 Å².